The van der Waals surface area contributed by atoms with E-state index in [4.69, 9.17) is 15.9 Å². The molecule has 0 aliphatic heterocycles. The Morgan fingerprint density at radius 2 is 2.13 bits per heavy atom. The first-order valence-electron chi connectivity index (χ1n) is 4.51. The smallest absolute Gasteiger partial charge is 0.200 e. The molecule has 0 unspecified atom stereocenters. The van der Waals surface area contributed by atoms with Gasteiger partial charge in [0.2, 0.25) is 5.82 Å². The van der Waals surface area contributed by atoms with Gasteiger partial charge < -0.3 is 10.5 Å². The molecule has 1 aromatic carbocycles. The quantitative estimate of drug-likeness (QED) is 0.447. The van der Waals surface area contributed by atoms with Gasteiger partial charge in [0.25, 0.3) is 0 Å². The van der Waals surface area contributed by atoms with Crippen molar-refractivity contribution in [3.63, 3.8) is 0 Å². The minimum atomic E-state index is -0.986. The Labute approximate surface area is 86.4 Å². The first-order valence-corrected chi connectivity index (χ1v) is 4.51. The standard InChI is InChI=1S/C10H12F2N2O/c11-7-3-1-4-8(10(7)12)15-6-2-5-9(13)14/h1,3-4H,2,5-6H2,(H3,13,14). The highest BCUT2D eigenvalue weighted by molar-refractivity contribution is 5.76. The van der Waals surface area contributed by atoms with E-state index in [1.165, 1.54) is 12.1 Å². The third kappa shape index (κ3) is 3.53. The number of nitrogens with one attached hydrogen (secondary N) is 1. The summed E-state index contributed by atoms with van der Waals surface area (Å²) in [7, 11) is 0. The molecule has 0 spiro atoms. The molecule has 0 fully saturated rings. The fourth-order valence-electron chi connectivity index (χ4n) is 1.04. The molecule has 1 aromatic rings. The first-order chi connectivity index (χ1) is 7.11. The Morgan fingerprint density at radius 3 is 2.80 bits per heavy atom. The van der Waals surface area contributed by atoms with Crippen LogP contribution in [0.5, 0.6) is 5.75 Å². The maximum Gasteiger partial charge on any atom is 0.200 e. The summed E-state index contributed by atoms with van der Waals surface area (Å²) in [6.07, 6.45) is 0.891. The topological polar surface area (TPSA) is 59.1 Å². The zero-order chi connectivity index (χ0) is 11.3. The first kappa shape index (κ1) is 11.4. The number of benzene rings is 1. The van der Waals surface area contributed by atoms with E-state index in [0.717, 1.165) is 6.07 Å². The minimum Gasteiger partial charge on any atom is -0.490 e. The van der Waals surface area contributed by atoms with Crippen molar-refractivity contribution < 1.29 is 13.5 Å². The fourth-order valence-corrected chi connectivity index (χ4v) is 1.04. The molecule has 3 nitrogen and oxygen atoms in total. The molecule has 0 amide bonds. The second-order valence-electron chi connectivity index (χ2n) is 3.03. The molecule has 0 bridgehead atoms. The fraction of sp³-hybridized carbons (Fsp3) is 0.300. The second kappa shape index (κ2) is 5.29. The summed E-state index contributed by atoms with van der Waals surface area (Å²) in [5.74, 6) is -1.98. The molecular weight excluding hydrogens is 202 g/mol. The van der Waals surface area contributed by atoms with Crippen molar-refractivity contribution >= 4 is 5.84 Å². The molecule has 0 heterocycles. The molecular formula is C10H12F2N2O. The van der Waals surface area contributed by atoms with Gasteiger partial charge in [0, 0.05) is 6.42 Å². The van der Waals surface area contributed by atoms with Crippen LogP contribution in [-0.2, 0) is 0 Å². The van der Waals surface area contributed by atoms with Crippen LogP contribution in [0.4, 0.5) is 8.78 Å². The minimum absolute atomic E-state index is 0.0540. The molecule has 0 aliphatic rings. The Balaban J connectivity index is 2.44. The van der Waals surface area contributed by atoms with Gasteiger partial charge >= 0.3 is 0 Å². The lowest BCUT2D eigenvalue weighted by atomic mass is 10.3. The van der Waals surface area contributed by atoms with Crippen LogP contribution in [-0.4, -0.2) is 12.4 Å². The van der Waals surface area contributed by atoms with Gasteiger partial charge in [-0.15, -0.1) is 0 Å². The molecule has 0 saturated heterocycles. The second-order valence-corrected chi connectivity index (χ2v) is 3.03. The number of rotatable bonds is 5. The number of hydrogen-bond acceptors (Lipinski definition) is 2. The average Bonchev–Trinajstić information content (AvgIpc) is 2.18. The highest BCUT2D eigenvalue weighted by atomic mass is 19.2. The van der Waals surface area contributed by atoms with Crippen LogP contribution in [0.3, 0.4) is 0 Å². The van der Waals surface area contributed by atoms with E-state index in [-0.39, 0.29) is 18.2 Å². The van der Waals surface area contributed by atoms with E-state index in [1.54, 1.807) is 0 Å². The van der Waals surface area contributed by atoms with Crippen LogP contribution in [0.1, 0.15) is 12.8 Å². The lowest BCUT2D eigenvalue weighted by Gasteiger charge is -2.06. The molecule has 5 heteroatoms. The van der Waals surface area contributed by atoms with Crippen molar-refractivity contribution in [1.82, 2.24) is 0 Å². The van der Waals surface area contributed by atoms with Crippen LogP contribution >= 0.6 is 0 Å². The highest BCUT2D eigenvalue weighted by Gasteiger charge is 2.07. The SMILES string of the molecule is N=C(N)CCCOc1cccc(F)c1F. The number of ether oxygens (including phenoxy) is 1. The summed E-state index contributed by atoms with van der Waals surface area (Å²) >= 11 is 0. The molecule has 0 atom stereocenters. The van der Waals surface area contributed by atoms with E-state index in [9.17, 15) is 8.78 Å². The maximum atomic E-state index is 13.0. The molecule has 82 valence electrons. The third-order valence-corrected chi connectivity index (χ3v) is 1.76. The van der Waals surface area contributed by atoms with Crippen molar-refractivity contribution in [3.8, 4) is 5.75 Å². The van der Waals surface area contributed by atoms with Gasteiger partial charge in [0.05, 0.1) is 12.4 Å². The highest BCUT2D eigenvalue weighted by Crippen LogP contribution is 2.19. The Kier molecular flexibility index (Phi) is 4.03. The van der Waals surface area contributed by atoms with Gasteiger partial charge in [-0.25, -0.2) is 4.39 Å². The lowest BCUT2D eigenvalue weighted by Crippen LogP contribution is -2.11. The van der Waals surface area contributed by atoms with Crippen molar-refractivity contribution in [2.75, 3.05) is 6.61 Å². The molecule has 1 rings (SSSR count). The van der Waals surface area contributed by atoms with Gasteiger partial charge in [0.1, 0.15) is 0 Å². The molecule has 0 aromatic heterocycles. The van der Waals surface area contributed by atoms with E-state index in [1.807, 2.05) is 0 Å². The number of halogens is 2. The monoisotopic (exact) mass is 214 g/mol. The van der Waals surface area contributed by atoms with Gasteiger partial charge in [-0.05, 0) is 18.6 Å². The van der Waals surface area contributed by atoms with Crippen LogP contribution in [0, 0.1) is 17.0 Å². The number of amidine groups is 1. The zero-order valence-electron chi connectivity index (χ0n) is 8.09. The summed E-state index contributed by atoms with van der Waals surface area (Å²) in [6, 6.07) is 3.75. The Morgan fingerprint density at radius 1 is 1.40 bits per heavy atom. The van der Waals surface area contributed by atoms with Crippen molar-refractivity contribution in [3.05, 3.63) is 29.8 Å². The Hall–Kier alpha value is -1.65. The van der Waals surface area contributed by atoms with E-state index in [0.29, 0.717) is 12.8 Å². The van der Waals surface area contributed by atoms with Crippen molar-refractivity contribution in [2.45, 2.75) is 12.8 Å². The third-order valence-electron chi connectivity index (χ3n) is 1.76. The van der Waals surface area contributed by atoms with Gasteiger partial charge in [-0.2, -0.15) is 4.39 Å². The van der Waals surface area contributed by atoms with E-state index in [2.05, 4.69) is 0 Å². The molecule has 3 N–H and O–H groups in total. The number of hydrogen-bond donors (Lipinski definition) is 2. The summed E-state index contributed by atoms with van der Waals surface area (Å²) in [5, 5.41) is 6.94. The molecule has 15 heavy (non-hydrogen) atoms. The predicted octanol–water partition coefficient (Wildman–Crippen LogP) is 2.06. The van der Waals surface area contributed by atoms with Gasteiger partial charge in [0.15, 0.2) is 11.6 Å². The summed E-state index contributed by atoms with van der Waals surface area (Å²) < 4.78 is 30.7. The van der Waals surface area contributed by atoms with Crippen molar-refractivity contribution in [2.24, 2.45) is 5.73 Å². The summed E-state index contributed by atoms with van der Waals surface area (Å²) in [5.41, 5.74) is 5.12. The molecule has 0 radical (unpaired) electrons. The zero-order valence-corrected chi connectivity index (χ0v) is 8.09. The van der Waals surface area contributed by atoms with Crippen LogP contribution in [0.2, 0.25) is 0 Å². The number of nitrogens with two attached hydrogens (primary N) is 1. The summed E-state index contributed by atoms with van der Waals surface area (Å²) in [4.78, 5) is 0. The van der Waals surface area contributed by atoms with Gasteiger partial charge in [-0.3, -0.25) is 5.41 Å². The van der Waals surface area contributed by atoms with Crippen LogP contribution < -0.4 is 10.5 Å². The largest absolute Gasteiger partial charge is 0.490 e. The summed E-state index contributed by atoms with van der Waals surface area (Å²) in [6.45, 7) is 0.208. The van der Waals surface area contributed by atoms with Gasteiger partial charge in [-0.1, -0.05) is 6.07 Å². The van der Waals surface area contributed by atoms with E-state index < -0.39 is 11.6 Å². The van der Waals surface area contributed by atoms with Crippen LogP contribution in [0.25, 0.3) is 0 Å². The van der Waals surface area contributed by atoms with Crippen LogP contribution in [0.15, 0.2) is 18.2 Å². The average molecular weight is 214 g/mol. The molecule has 0 aliphatic carbocycles. The maximum absolute atomic E-state index is 13.0. The van der Waals surface area contributed by atoms with E-state index >= 15 is 0 Å². The lowest BCUT2D eigenvalue weighted by molar-refractivity contribution is 0.292. The Bertz CT molecular complexity index is 355. The normalized spacial score (nSPS) is 10.0. The molecule has 0 saturated carbocycles. The van der Waals surface area contributed by atoms with Crippen molar-refractivity contribution in [1.29, 1.82) is 5.41 Å². The predicted molar refractivity (Wildman–Crippen MR) is 53.0 cm³/mol.